The third kappa shape index (κ3) is 1.05. The van der Waals surface area contributed by atoms with Gasteiger partial charge in [-0.25, -0.2) is 9.50 Å². The molecule has 0 aromatic carbocycles. The number of anilines is 1. The molecule has 0 amide bonds. The second kappa shape index (κ2) is 2.16. The molecule has 2 aromatic rings. The standard InChI is InChI=1S/C5H4BrN5/c6-3-1-8-5-9-4(7)10-11(5)2-3/h1-2H,(H2,7,10). The first-order valence-corrected chi connectivity index (χ1v) is 3.68. The highest BCUT2D eigenvalue weighted by Gasteiger charge is 1.99. The Morgan fingerprint density at radius 1 is 1.55 bits per heavy atom. The fourth-order valence-corrected chi connectivity index (χ4v) is 1.07. The van der Waals surface area contributed by atoms with Gasteiger partial charge in [-0.2, -0.15) is 4.98 Å². The van der Waals surface area contributed by atoms with E-state index in [1.807, 2.05) is 0 Å². The van der Waals surface area contributed by atoms with Crippen LogP contribution >= 0.6 is 15.9 Å². The van der Waals surface area contributed by atoms with Crippen LogP contribution in [0.1, 0.15) is 0 Å². The number of nitrogens with zero attached hydrogens (tertiary/aromatic N) is 4. The maximum absolute atomic E-state index is 5.34. The third-order valence-corrected chi connectivity index (χ3v) is 1.59. The van der Waals surface area contributed by atoms with Crippen molar-refractivity contribution in [1.82, 2.24) is 19.6 Å². The Morgan fingerprint density at radius 3 is 3.18 bits per heavy atom. The minimum Gasteiger partial charge on any atom is -0.366 e. The first kappa shape index (κ1) is 6.53. The number of hydrogen-bond donors (Lipinski definition) is 1. The minimum absolute atomic E-state index is 0.232. The van der Waals surface area contributed by atoms with E-state index in [1.165, 1.54) is 4.52 Å². The average Bonchev–Trinajstić information content (AvgIpc) is 2.27. The Balaban J connectivity index is 2.82. The monoisotopic (exact) mass is 213 g/mol. The summed E-state index contributed by atoms with van der Waals surface area (Å²) in [5, 5.41) is 3.86. The first-order chi connectivity index (χ1) is 5.25. The molecule has 0 radical (unpaired) electrons. The minimum atomic E-state index is 0.232. The van der Waals surface area contributed by atoms with Crippen molar-refractivity contribution >= 4 is 27.7 Å². The number of aromatic nitrogens is 4. The molecule has 56 valence electrons. The molecule has 0 unspecified atom stereocenters. The van der Waals surface area contributed by atoms with E-state index in [-0.39, 0.29) is 5.95 Å². The van der Waals surface area contributed by atoms with Gasteiger partial charge in [-0.1, -0.05) is 0 Å². The zero-order valence-electron chi connectivity index (χ0n) is 5.40. The van der Waals surface area contributed by atoms with Crippen LogP contribution in [0.25, 0.3) is 5.78 Å². The molecular formula is C5H4BrN5. The second-order valence-corrected chi connectivity index (χ2v) is 2.90. The third-order valence-electron chi connectivity index (χ3n) is 1.18. The molecule has 2 heterocycles. The number of rotatable bonds is 0. The van der Waals surface area contributed by atoms with E-state index in [9.17, 15) is 0 Å². The van der Waals surface area contributed by atoms with Crippen molar-refractivity contribution in [2.24, 2.45) is 0 Å². The van der Waals surface area contributed by atoms with Crippen LogP contribution in [0.2, 0.25) is 0 Å². The van der Waals surface area contributed by atoms with E-state index in [4.69, 9.17) is 5.73 Å². The summed E-state index contributed by atoms with van der Waals surface area (Å²) in [7, 11) is 0. The smallest absolute Gasteiger partial charge is 0.254 e. The van der Waals surface area contributed by atoms with Crippen molar-refractivity contribution in [2.75, 3.05) is 5.73 Å². The van der Waals surface area contributed by atoms with Gasteiger partial charge in [-0.15, -0.1) is 5.10 Å². The highest BCUT2D eigenvalue weighted by molar-refractivity contribution is 9.10. The van der Waals surface area contributed by atoms with Crippen LogP contribution in [0.3, 0.4) is 0 Å². The Kier molecular flexibility index (Phi) is 1.28. The summed E-state index contributed by atoms with van der Waals surface area (Å²) in [5.74, 6) is 0.737. The van der Waals surface area contributed by atoms with E-state index in [0.717, 1.165) is 4.47 Å². The van der Waals surface area contributed by atoms with E-state index in [0.29, 0.717) is 5.78 Å². The SMILES string of the molecule is Nc1nc2ncc(Br)cn2n1. The number of halogens is 1. The first-order valence-electron chi connectivity index (χ1n) is 2.89. The Bertz CT molecular complexity index is 395. The van der Waals surface area contributed by atoms with Gasteiger partial charge in [-0.3, -0.25) is 0 Å². The molecule has 0 aliphatic carbocycles. The van der Waals surface area contributed by atoms with Gasteiger partial charge in [-0.05, 0) is 15.9 Å². The van der Waals surface area contributed by atoms with Crippen LogP contribution in [-0.2, 0) is 0 Å². The predicted octanol–water partition coefficient (Wildman–Crippen LogP) is 0.469. The van der Waals surface area contributed by atoms with Crippen molar-refractivity contribution in [3.63, 3.8) is 0 Å². The van der Waals surface area contributed by atoms with Crippen molar-refractivity contribution in [3.8, 4) is 0 Å². The highest BCUT2D eigenvalue weighted by Crippen LogP contribution is 2.07. The van der Waals surface area contributed by atoms with Crippen molar-refractivity contribution in [1.29, 1.82) is 0 Å². The van der Waals surface area contributed by atoms with Gasteiger partial charge in [0.05, 0.1) is 4.47 Å². The molecule has 6 heteroatoms. The lowest BCUT2D eigenvalue weighted by atomic mass is 10.7. The van der Waals surface area contributed by atoms with Gasteiger partial charge >= 0.3 is 0 Å². The lowest BCUT2D eigenvalue weighted by Gasteiger charge is -1.88. The van der Waals surface area contributed by atoms with Gasteiger partial charge in [0.1, 0.15) is 0 Å². The molecule has 0 aliphatic rings. The van der Waals surface area contributed by atoms with Crippen LogP contribution in [0.5, 0.6) is 0 Å². The predicted molar refractivity (Wildman–Crippen MR) is 42.9 cm³/mol. The quantitative estimate of drug-likeness (QED) is 0.691. The van der Waals surface area contributed by atoms with Gasteiger partial charge in [0.25, 0.3) is 5.78 Å². The average molecular weight is 214 g/mol. The number of hydrogen-bond acceptors (Lipinski definition) is 4. The maximum Gasteiger partial charge on any atom is 0.254 e. The Labute approximate surface area is 70.4 Å². The van der Waals surface area contributed by atoms with Crippen LogP contribution in [0.4, 0.5) is 5.95 Å². The molecule has 0 saturated carbocycles. The van der Waals surface area contributed by atoms with Crippen molar-refractivity contribution in [3.05, 3.63) is 16.9 Å². The number of nitrogen functional groups attached to an aromatic ring is 1. The second-order valence-electron chi connectivity index (χ2n) is 1.99. The molecule has 0 aliphatic heterocycles. The van der Waals surface area contributed by atoms with Crippen LogP contribution in [0.15, 0.2) is 16.9 Å². The summed E-state index contributed by atoms with van der Waals surface area (Å²) < 4.78 is 2.36. The van der Waals surface area contributed by atoms with Gasteiger partial charge in [0.15, 0.2) is 0 Å². The molecule has 2 N–H and O–H groups in total. The fraction of sp³-hybridized carbons (Fsp3) is 0. The molecule has 11 heavy (non-hydrogen) atoms. The topological polar surface area (TPSA) is 69.1 Å². The van der Waals surface area contributed by atoms with Crippen molar-refractivity contribution in [2.45, 2.75) is 0 Å². The van der Waals surface area contributed by atoms with E-state index >= 15 is 0 Å². The molecule has 0 fully saturated rings. The zero-order chi connectivity index (χ0) is 7.84. The summed E-state index contributed by atoms with van der Waals surface area (Å²) in [6.07, 6.45) is 3.38. The fourth-order valence-electron chi connectivity index (χ4n) is 0.775. The molecular weight excluding hydrogens is 210 g/mol. The van der Waals surface area contributed by atoms with E-state index < -0.39 is 0 Å². The van der Waals surface area contributed by atoms with Crippen LogP contribution in [0, 0.1) is 0 Å². The van der Waals surface area contributed by atoms with Gasteiger partial charge < -0.3 is 5.73 Å². The van der Waals surface area contributed by atoms with Crippen LogP contribution < -0.4 is 5.73 Å². The molecule has 0 saturated heterocycles. The summed E-state index contributed by atoms with van der Waals surface area (Å²) in [6.45, 7) is 0. The molecule has 5 nitrogen and oxygen atoms in total. The molecule has 0 atom stereocenters. The summed E-state index contributed by atoms with van der Waals surface area (Å²) in [6, 6.07) is 0. The largest absolute Gasteiger partial charge is 0.366 e. The summed E-state index contributed by atoms with van der Waals surface area (Å²) in [4.78, 5) is 7.82. The van der Waals surface area contributed by atoms with Crippen molar-refractivity contribution < 1.29 is 0 Å². The summed E-state index contributed by atoms with van der Waals surface area (Å²) >= 11 is 3.25. The molecule has 0 spiro atoms. The highest BCUT2D eigenvalue weighted by atomic mass is 79.9. The number of nitrogens with two attached hydrogens (primary N) is 1. The molecule has 0 bridgehead atoms. The van der Waals surface area contributed by atoms with E-state index in [1.54, 1.807) is 12.4 Å². The maximum atomic E-state index is 5.34. The van der Waals surface area contributed by atoms with Gasteiger partial charge in [0, 0.05) is 12.4 Å². The zero-order valence-corrected chi connectivity index (χ0v) is 6.98. The van der Waals surface area contributed by atoms with E-state index in [2.05, 4.69) is 31.0 Å². The Morgan fingerprint density at radius 2 is 2.36 bits per heavy atom. The summed E-state index contributed by atoms with van der Waals surface area (Å²) in [5.41, 5.74) is 5.34. The lowest BCUT2D eigenvalue weighted by Crippen LogP contribution is -1.89. The molecule has 2 aromatic heterocycles. The normalized spacial score (nSPS) is 10.6. The van der Waals surface area contributed by atoms with Crippen LogP contribution in [-0.4, -0.2) is 19.6 Å². The number of fused-ring (bicyclic) bond motifs is 1. The lowest BCUT2D eigenvalue weighted by molar-refractivity contribution is 0.938. The molecule has 2 rings (SSSR count). The van der Waals surface area contributed by atoms with Gasteiger partial charge in [0.2, 0.25) is 5.95 Å². The Hall–Kier alpha value is -1.17.